The van der Waals surface area contributed by atoms with Crippen LogP contribution in [0.25, 0.3) is 67.3 Å². The predicted molar refractivity (Wildman–Crippen MR) is 159 cm³/mol. The topological polar surface area (TPSA) is 38.9 Å². The summed E-state index contributed by atoms with van der Waals surface area (Å²) in [7, 11) is 0. The van der Waals surface area contributed by atoms with Crippen molar-refractivity contribution in [2.24, 2.45) is 0 Å². The third-order valence-corrected chi connectivity index (χ3v) is 6.94. The molecule has 0 fully saturated rings. The minimum Gasteiger partial charge on any atom is -0.454 e. The van der Waals surface area contributed by atoms with Crippen molar-refractivity contribution in [2.45, 2.75) is 0 Å². The number of aromatic nitrogens is 2. The number of rotatable bonds is 5. The van der Waals surface area contributed by atoms with E-state index in [1.807, 2.05) is 48.5 Å². The first-order chi connectivity index (χ1) is 19.3. The fourth-order valence-corrected chi connectivity index (χ4v) is 4.96. The van der Waals surface area contributed by atoms with E-state index in [1.165, 1.54) is 11.1 Å². The number of hydrogen-bond donors (Lipinski definition) is 0. The van der Waals surface area contributed by atoms with E-state index in [9.17, 15) is 0 Å². The van der Waals surface area contributed by atoms with Crippen LogP contribution in [0.3, 0.4) is 0 Å². The molecule has 7 rings (SSSR count). The second kappa shape index (κ2) is 9.88. The summed E-state index contributed by atoms with van der Waals surface area (Å²) in [5, 5.41) is 1.05. The first kappa shape index (κ1) is 22.9. The summed E-state index contributed by atoms with van der Waals surface area (Å²) in [6.45, 7) is 0. The molecule has 7 aromatic rings. The van der Waals surface area contributed by atoms with Gasteiger partial charge in [0.1, 0.15) is 11.3 Å². The summed E-state index contributed by atoms with van der Waals surface area (Å²) in [5.74, 6) is 1.38. The fourth-order valence-electron chi connectivity index (χ4n) is 4.96. The van der Waals surface area contributed by atoms with Gasteiger partial charge in [0.25, 0.3) is 0 Å². The lowest BCUT2D eigenvalue weighted by molar-refractivity contribution is 0.628. The summed E-state index contributed by atoms with van der Waals surface area (Å²) in [6, 6.07) is 49.7. The highest BCUT2D eigenvalue weighted by molar-refractivity contribution is 5.85. The van der Waals surface area contributed by atoms with Crippen molar-refractivity contribution in [1.29, 1.82) is 0 Å². The van der Waals surface area contributed by atoms with Gasteiger partial charge in [-0.05, 0) is 40.5 Å². The standard InChI is InChI=1S/C36H24N2O/c1-3-11-25(12-4-1)26-19-21-28(22-20-26)32-24-33(35-23-29-15-7-10-18-34(29)39-35)38-36(37-32)31-17-9-8-16-30(31)27-13-5-2-6-14-27/h1-24H. The Balaban J connectivity index is 1.40. The van der Waals surface area contributed by atoms with Crippen LogP contribution in [-0.4, -0.2) is 9.97 Å². The van der Waals surface area contributed by atoms with Gasteiger partial charge in [0, 0.05) is 16.5 Å². The molecular weight excluding hydrogens is 476 g/mol. The van der Waals surface area contributed by atoms with Gasteiger partial charge in [-0.2, -0.15) is 0 Å². The van der Waals surface area contributed by atoms with Gasteiger partial charge in [0.05, 0.1) is 5.69 Å². The highest BCUT2D eigenvalue weighted by atomic mass is 16.3. The highest BCUT2D eigenvalue weighted by Crippen LogP contribution is 2.35. The summed E-state index contributed by atoms with van der Waals surface area (Å²) in [4.78, 5) is 10.1. The van der Waals surface area contributed by atoms with E-state index in [1.54, 1.807) is 0 Å². The lowest BCUT2D eigenvalue weighted by Gasteiger charge is -2.12. The summed E-state index contributed by atoms with van der Waals surface area (Å²) in [6.07, 6.45) is 0. The van der Waals surface area contributed by atoms with Gasteiger partial charge < -0.3 is 4.42 Å². The van der Waals surface area contributed by atoms with E-state index in [4.69, 9.17) is 14.4 Å². The third-order valence-electron chi connectivity index (χ3n) is 6.94. The zero-order valence-corrected chi connectivity index (χ0v) is 21.2. The summed E-state index contributed by atoms with van der Waals surface area (Å²) < 4.78 is 6.24. The monoisotopic (exact) mass is 500 g/mol. The Morgan fingerprint density at radius 1 is 0.410 bits per heavy atom. The van der Waals surface area contributed by atoms with Gasteiger partial charge in [0.2, 0.25) is 0 Å². The zero-order chi connectivity index (χ0) is 26.0. The molecule has 5 aromatic carbocycles. The smallest absolute Gasteiger partial charge is 0.161 e. The van der Waals surface area contributed by atoms with Crippen LogP contribution in [0.2, 0.25) is 0 Å². The molecule has 0 N–H and O–H groups in total. The maximum Gasteiger partial charge on any atom is 0.161 e. The summed E-state index contributed by atoms with van der Waals surface area (Å²) >= 11 is 0. The number of furan rings is 1. The van der Waals surface area contributed by atoms with Crippen LogP contribution < -0.4 is 0 Å². The molecule has 2 aromatic heterocycles. The molecule has 0 saturated heterocycles. The van der Waals surface area contributed by atoms with E-state index in [0.717, 1.165) is 50.4 Å². The largest absolute Gasteiger partial charge is 0.454 e. The van der Waals surface area contributed by atoms with Gasteiger partial charge in [-0.15, -0.1) is 0 Å². The number of fused-ring (bicyclic) bond motifs is 1. The van der Waals surface area contributed by atoms with Crippen molar-refractivity contribution in [1.82, 2.24) is 9.97 Å². The maximum atomic E-state index is 6.24. The highest BCUT2D eigenvalue weighted by Gasteiger charge is 2.16. The van der Waals surface area contributed by atoms with Crippen LogP contribution in [0.5, 0.6) is 0 Å². The minimum absolute atomic E-state index is 0.662. The van der Waals surface area contributed by atoms with Crippen LogP contribution in [0, 0.1) is 0 Å². The molecular formula is C36H24N2O. The molecule has 0 amide bonds. The Bertz CT molecular complexity index is 1860. The average molecular weight is 501 g/mol. The molecule has 0 atom stereocenters. The Kier molecular flexibility index (Phi) is 5.80. The van der Waals surface area contributed by atoms with Crippen molar-refractivity contribution in [3.8, 4) is 56.4 Å². The second-order valence-electron chi connectivity index (χ2n) is 9.47. The Morgan fingerprint density at radius 2 is 0.974 bits per heavy atom. The number of nitrogens with zero attached hydrogens (tertiary/aromatic N) is 2. The molecule has 184 valence electrons. The van der Waals surface area contributed by atoms with E-state index in [2.05, 4.69) is 97.1 Å². The van der Waals surface area contributed by atoms with Crippen molar-refractivity contribution in [2.75, 3.05) is 0 Å². The minimum atomic E-state index is 0.662. The predicted octanol–water partition coefficient (Wildman–Crippen LogP) is 9.56. The molecule has 3 heteroatoms. The molecule has 0 bridgehead atoms. The lowest BCUT2D eigenvalue weighted by Crippen LogP contribution is -1.97. The van der Waals surface area contributed by atoms with Crippen LogP contribution in [0.4, 0.5) is 0 Å². The fraction of sp³-hybridized carbons (Fsp3) is 0. The summed E-state index contributed by atoms with van der Waals surface area (Å²) in [5.41, 5.74) is 9.00. The van der Waals surface area contributed by atoms with Crippen LogP contribution in [-0.2, 0) is 0 Å². The Hall–Kier alpha value is -5.28. The molecule has 2 heterocycles. The molecule has 0 aliphatic carbocycles. The normalized spacial score (nSPS) is 11.1. The lowest BCUT2D eigenvalue weighted by atomic mass is 9.98. The maximum absolute atomic E-state index is 6.24. The van der Waals surface area contributed by atoms with E-state index >= 15 is 0 Å². The first-order valence-electron chi connectivity index (χ1n) is 13.0. The van der Waals surface area contributed by atoms with Gasteiger partial charge in [-0.25, -0.2) is 9.97 Å². The van der Waals surface area contributed by atoms with E-state index < -0.39 is 0 Å². The SMILES string of the molecule is c1ccc(-c2ccc(-c3cc(-c4cc5ccccc5o4)nc(-c4ccccc4-c4ccccc4)n3)cc2)cc1. The van der Waals surface area contributed by atoms with Gasteiger partial charge in [-0.3, -0.25) is 0 Å². The van der Waals surface area contributed by atoms with Gasteiger partial charge in [-0.1, -0.05) is 127 Å². The Labute approximate surface area is 227 Å². The van der Waals surface area contributed by atoms with Crippen molar-refractivity contribution >= 4 is 11.0 Å². The van der Waals surface area contributed by atoms with Crippen LogP contribution in [0.15, 0.2) is 150 Å². The van der Waals surface area contributed by atoms with Crippen molar-refractivity contribution in [3.63, 3.8) is 0 Å². The molecule has 0 unspecified atom stereocenters. The molecule has 0 radical (unpaired) electrons. The van der Waals surface area contributed by atoms with Crippen LogP contribution >= 0.6 is 0 Å². The van der Waals surface area contributed by atoms with Gasteiger partial charge >= 0.3 is 0 Å². The Morgan fingerprint density at radius 3 is 1.72 bits per heavy atom. The average Bonchev–Trinajstić information content (AvgIpc) is 3.47. The molecule has 0 saturated carbocycles. The molecule has 0 aliphatic heterocycles. The van der Waals surface area contributed by atoms with Crippen molar-refractivity contribution < 1.29 is 4.42 Å². The van der Waals surface area contributed by atoms with Crippen LogP contribution in [0.1, 0.15) is 0 Å². The number of hydrogen-bond acceptors (Lipinski definition) is 3. The van der Waals surface area contributed by atoms with Gasteiger partial charge in [0.15, 0.2) is 11.6 Å². The van der Waals surface area contributed by atoms with E-state index in [0.29, 0.717) is 5.82 Å². The molecule has 0 spiro atoms. The first-order valence-corrected chi connectivity index (χ1v) is 13.0. The molecule has 39 heavy (non-hydrogen) atoms. The molecule has 0 aliphatic rings. The number of para-hydroxylation sites is 1. The zero-order valence-electron chi connectivity index (χ0n) is 21.2. The second-order valence-corrected chi connectivity index (χ2v) is 9.47. The molecule has 3 nitrogen and oxygen atoms in total. The van der Waals surface area contributed by atoms with Crippen molar-refractivity contribution in [3.05, 3.63) is 146 Å². The third kappa shape index (κ3) is 4.51. The number of benzene rings is 5. The quantitative estimate of drug-likeness (QED) is 0.236. The van der Waals surface area contributed by atoms with E-state index in [-0.39, 0.29) is 0 Å².